The number of fused-ring (bicyclic) bond motifs is 4. The highest BCUT2D eigenvalue weighted by Crippen LogP contribution is 2.57. The van der Waals surface area contributed by atoms with Crippen molar-refractivity contribution in [3.63, 3.8) is 0 Å². The standard InChI is InChI=1S/C43H34N4O4/c48-42(33-19-23-37(24-20-33)47-45-35-13-5-2-6-14-35)50-38-15-7-9-31-25-27-43(40(31)38)28-26-32-10-8-16-39(41(32)43)51-49-29-30-17-21-36(22-18-30)46-44-34-11-3-1-4-12-34/h1-24H,25-29H2/b46-44+,47-45+. The van der Waals surface area contributed by atoms with E-state index >= 15 is 0 Å². The van der Waals surface area contributed by atoms with Crippen molar-refractivity contribution < 1.29 is 19.3 Å². The lowest BCUT2D eigenvalue weighted by Crippen LogP contribution is -2.24. The van der Waals surface area contributed by atoms with Crippen molar-refractivity contribution in [1.82, 2.24) is 0 Å². The van der Waals surface area contributed by atoms with Crippen LogP contribution in [0.5, 0.6) is 11.5 Å². The number of hydrogen-bond acceptors (Lipinski definition) is 8. The van der Waals surface area contributed by atoms with Crippen LogP contribution < -0.4 is 9.62 Å². The second-order valence-corrected chi connectivity index (χ2v) is 12.7. The van der Waals surface area contributed by atoms with Gasteiger partial charge in [-0.1, -0.05) is 72.8 Å². The van der Waals surface area contributed by atoms with Crippen LogP contribution in [0.25, 0.3) is 0 Å². The van der Waals surface area contributed by atoms with Crippen LogP contribution in [0.1, 0.15) is 51.0 Å². The van der Waals surface area contributed by atoms with Crippen LogP contribution in [-0.4, -0.2) is 5.97 Å². The van der Waals surface area contributed by atoms with Gasteiger partial charge in [-0.25, -0.2) is 4.79 Å². The van der Waals surface area contributed by atoms with Gasteiger partial charge in [0, 0.05) is 16.5 Å². The second-order valence-electron chi connectivity index (χ2n) is 12.7. The van der Waals surface area contributed by atoms with Gasteiger partial charge in [-0.05, 0) is 115 Å². The number of carbonyl (C=O) groups excluding carboxylic acids is 1. The molecule has 0 aromatic heterocycles. The molecule has 0 heterocycles. The third-order valence-electron chi connectivity index (χ3n) is 9.51. The molecular formula is C43H34N4O4. The minimum Gasteiger partial charge on any atom is -0.423 e. The molecule has 2 aliphatic carbocycles. The van der Waals surface area contributed by atoms with Gasteiger partial charge in [-0.3, -0.25) is 0 Å². The molecule has 0 N–H and O–H groups in total. The minimum absolute atomic E-state index is 0.263. The summed E-state index contributed by atoms with van der Waals surface area (Å²) < 4.78 is 6.17. The fraction of sp³-hybridized carbons (Fsp3) is 0.140. The highest BCUT2D eigenvalue weighted by atomic mass is 17.2. The highest BCUT2D eigenvalue weighted by molar-refractivity contribution is 5.91. The first-order valence-electron chi connectivity index (χ1n) is 17.0. The molecule has 0 saturated carbocycles. The molecule has 8 nitrogen and oxygen atoms in total. The van der Waals surface area contributed by atoms with Crippen LogP contribution in [0.2, 0.25) is 0 Å². The van der Waals surface area contributed by atoms with Crippen molar-refractivity contribution in [2.75, 3.05) is 0 Å². The number of esters is 1. The summed E-state index contributed by atoms with van der Waals surface area (Å²) in [6.45, 7) is 0.263. The van der Waals surface area contributed by atoms with Gasteiger partial charge in [0.15, 0.2) is 5.75 Å². The molecule has 8 rings (SSSR count). The van der Waals surface area contributed by atoms with Crippen molar-refractivity contribution in [2.45, 2.75) is 37.7 Å². The van der Waals surface area contributed by atoms with Crippen molar-refractivity contribution in [2.24, 2.45) is 20.5 Å². The Hall–Kier alpha value is -6.25. The molecule has 250 valence electrons. The highest BCUT2D eigenvalue weighted by Gasteiger charge is 2.49. The monoisotopic (exact) mass is 670 g/mol. The molecule has 1 unspecified atom stereocenters. The zero-order valence-electron chi connectivity index (χ0n) is 27.8. The van der Waals surface area contributed by atoms with E-state index in [-0.39, 0.29) is 12.0 Å². The van der Waals surface area contributed by atoms with Crippen LogP contribution in [-0.2, 0) is 29.8 Å². The number of benzene rings is 6. The lowest BCUT2D eigenvalue weighted by molar-refractivity contribution is -0.218. The lowest BCUT2D eigenvalue weighted by Gasteiger charge is -2.29. The van der Waals surface area contributed by atoms with Crippen molar-refractivity contribution >= 4 is 28.7 Å². The molecule has 0 amide bonds. The third kappa shape index (κ3) is 6.82. The van der Waals surface area contributed by atoms with E-state index in [0.717, 1.165) is 59.4 Å². The second kappa shape index (κ2) is 14.3. The normalized spacial score (nSPS) is 16.1. The minimum atomic E-state index is -0.421. The maximum atomic E-state index is 13.5. The molecule has 1 atom stereocenters. The molecule has 0 saturated heterocycles. The van der Waals surface area contributed by atoms with Crippen LogP contribution in [0.4, 0.5) is 22.7 Å². The fourth-order valence-electron chi connectivity index (χ4n) is 7.12. The summed E-state index contributed by atoms with van der Waals surface area (Å²) in [6.07, 6.45) is 3.56. The van der Waals surface area contributed by atoms with E-state index in [1.165, 1.54) is 11.1 Å². The lowest BCUT2D eigenvalue weighted by atomic mass is 9.76. The summed E-state index contributed by atoms with van der Waals surface area (Å²) in [5.74, 6) is 0.846. The number of hydrogen-bond donors (Lipinski definition) is 0. The molecule has 6 aromatic rings. The van der Waals surface area contributed by atoms with Crippen LogP contribution >= 0.6 is 0 Å². The number of ether oxygens (including phenoxy) is 1. The predicted octanol–water partition coefficient (Wildman–Crippen LogP) is 11.4. The van der Waals surface area contributed by atoms with Crippen LogP contribution in [0, 0.1) is 0 Å². The van der Waals surface area contributed by atoms with E-state index in [9.17, 15) is 4.79 Å². The SMILES string of the molecule is O=C(Oc1cccc2c1C1(CCc3cccc(OOCc4ccc(/N=N/c5ccccc5)cc4)c31)CC2)c1ccc(/N=N/c2ccccc2)cc1. The first-order chi connectivity index (χ1) is 25.1. The molecule has 0 aliphatic heterocycles. The van der Waals surface area contributed by atoms with Crippen molar-refractivity contribution in [1.29, 1.82) is 0 Å². The number of rotatable bonds is 10. The van der Waals surface area contributed by atoms with Gasteiger partial charge in [-0.2, -0.15) is 25.3 Å². The maximum Gasteiger partial charge on any atom is 0.343 e. The molecule has 0 fully saturated rings. The van der Waals surface area contributed by atoms with Crippen molar-refractivity contribution in [3.8, 4) is 11.5 Å². The fourth-order valence-corrected chi connectivity index (χ4v) is 7.12. The third-order valence-corrected chi connectivity index (χ3v) is 9.51. The Bertz CT molecular complexity index is 2220. The van der Waals surface area contributed by atoms with E-state index in [1.54, 1.807) is 24.3 Å². The molecule has 6 aromatic carbocycles. The van der Waals surface area contributed by atoms with Crippen LogP contribution in [0.3, 0.4) is 0 Å². The zero-order valence-corrected chi connectivity index (χ0v) is 27.8. The van der Waals surface area contributed by atoms with Crippen molar-refractivity contribution in [3.05, 3.63) is 179 Å². The molecule has 1 spiro atoms. The van der Waals surface area contributed by atoms with Crippen LogP contribution in [0.15, 0.2) is 166 Å². The Balaban J connectivity index is 0.974. The number of aryl methyl sites for hydroxylation is 2. The first kappa shape index (κ1) is 32.0. The molecule has 8 heteroatoms. The quantitative estimate of drug-likeness (QED) is 0.0476. The Kier molecular flexibility index (Phi) is 8.97. The summed E-state index contributed by atoms with van der Waals surface area (Å²) >= 11 is 0. The smallest absolute Gasteiger partial charge is 0.343 e. The Labute approximate surface area is 296 Å². The van der Waals surface area contributed by atoms with Gasteiger partial charge in [0.1, 0.15) is 12.4 Å². The van der Waals surface area contributed by atoms with Gasteiger partial charge in [0.25, 0.3) is 0 Å². The van der Waals surface area contributed by atoms with Gasteiger partial charge in [0.2, 0.25) is 0 Å². The number of azo groups is 2. The summed E-state index contributed by atoms with van der Waals surface area (Å²) in [4.78, 5) is 25.4. The Morgan fingerprint density at radius 1 is 0.529 bits per heavy atom. The topological polar surface area (TPSA) is 94.2 Å². The van der Waals surface area contributed by atoms with E-state index in [4.69, 9.17) is 14.5 Å². The van der Waals surface area contributed by atoms with Gasteiger partial charge in [0.05, 0.1) is 28.3 Å². The Morgan fingerprint density at radius 3 is 1.59 bits per heavy atom. The van der Waals surface area contributed by atoms with E-state index in [1.807, 2.05) is 109 Å². The van der Waals surface area contributed by atoms with Gasteiger partial charge in [-0.15, -0.1) is 0 Å². The largest absolute Gasteiger partial charge is 0.423 e. The molecule has 51 heavy (non-hydrogen) atoms. The first-order valence-corrected chi connectivity index (χ1v) is 17.0. The van der Waals surface area contributed by atoms with E-state index < -0.39 is 5.97 Å². The van der Waals surface area contributed by atoms with E-state index in [0.29, 0.717) is 22.7 Å². The average molecular weight is 671 g/mol. The zero-order chi connectivity index (χ0) is 34.5. The molecular weight excluding hydrogens is 636 g/mol. The average Bonchev–Trinajstić information content (AvgIpc) is 3.76. The molecule has 2 aliphatic rings. The van der Waals surface area contributed by atoms with Gasteiger partial charge < -0.3 is 9.62 Å². The summed E-state index contributed by atoms with van der Waals surface area (Å²) in [5, 5.41) is 17.1. The maximum absolute atomic E-state index is 13.5. The Morgan fingerprint density at radius 2 is 1.02 bits per heavy atom. The summed E-state index contributed by atoms with van der Waals surface area (Å²) in [7, 11) is 0. The molecule has 0 radical (unpaired) electrons. The predicted molar refractivity (Wildman–Crippen MR) is 195 cm³/mol. The summed E-state index contributed by atoms with van der Waals surface area (Å²) in [6, 6.07) is 46.0. The van der Waals surface area contributed by atoms with Gasteiger partial charge >= 0.3 is 5.97 Å². The number of nitrogens with zero attached hydrogens (tertiary/aromatic N) is 4. The number of carbonyl (C=O) groups is 1. The summed E-state index contributed by atoms with van der Waals surface area (Å²) in [5.41, 5.74) is 8.57. The van der Waals surface area contributed by atoms with E-state index in [2.05, 4.69) is 32.6 Å². The molecule has 0 bridgehead atoms.